The Kier molecular flexibility index (Phi) is 7.92. The van der Waals surface area contributed by atoms with Crippen LogP contribution in [0.3, 0.4) is 0 Å². The van der Waals surface area contributed by atoms with Crippen molar-refractivity contribution in [2.45, 2.75) is 64.9 Å². The van der Waals surface area contributed by atoms with Crippen LogP contribution in [0.4, 0.5) is 0 Å². The van der Waals surface area contributed by atoms with Gasteiger partial charge < -0.3 is 14.2 Å². The van der Waals surface area contributed by atoms with Gasteiger partial charge in [0.2, 0.25) is 0 Å². The molecule has 0 aromatic heterocycles. The van der Waals surface area contributed by atoms with Gasteiger partial charge in [0.05, 0.1) is 19.8 Å². The van der Waals surface area contributed by atoms with Crippen molar-refractivity contribution in [3.8, 4) is 11.5 Å². The second-order valence-electron chi connectivity index (χ2n) is 9.53. The average molecular weight is 490 g/mol. The number of Topliss-reactive ketones (excluding diaryl/α,β-unsaturated/α-hetero) is 1. The van der Waals surface area contributed by atoms with Gasteiger partial charge in [0.1, 0.15) is 17.4 Å². The normalized spacial score (nSPS) is 22.4. The van der Waals surface area contributed by atoms with E-state index in [0.29, 0.717) is 30.7 Å². The lowest BCUT2D eigenvalue weighted by molar-refractivity contribution is -0.151. The fraction of sp³-hybridized carbons (Fsp3) is 0.433. The van der Waals surface area contributed by atoms with Crippen molar-refractivity contribution in [2.24, 2.45) is 10.9 Å². The summed E-state index contributed by atoms with van der Waals surface area (Å²) in [6.45, 7) is 8.24. The second kappa shape index (κ2) is 11.1. The van der Waals surface area contributed by atoms with E-state index < -0.39 is 11.8 Å². The molecular formula is C30H35NO5. The van der Waals surface area contributed by atoms with Gasteiger partial charge >= 0.3 is 5.97 Å². The third kappa shape index (κ3) is 5.23. The molecule has 0 N–H and O–H groups in total. The van der Waals surface area contributed by atoms with Gasteiger partial charge in [-0.05, 0) is 74.9 Å². The Hall–Kier alpha value is -3.41. The largest absolute Gasteiger partial charge is 0.497 e. The molecule has 1 unspecified atom stereocenters. The summed E-state index contributed by atoms with van der Waals surface area (Å²) in [6.07, 6.45) is 1.54. The Morgan fingerprint density at radius 2 is 1.64 bits per heavy atom. The molecule has 36 heavy (non-hydrogen) atoms. The number of aliphatic imine (C=N–C) groups is 1. The van der Waals surface area contributed by atoms with E-state index in [4.69, 9.17) is 19.2 Å². The van der Waals surface area contributed by atoms with Crippen molar-refractivity contribution < 1.29 is 23.8 Å². The van der Waals surface area contributed by atoms with E-state index >= 15 is 0 Å². The number of allylic oxidation sites excluding steroid dienone is 2. The third-order valence-electron chi connectivity index (χ3n) is 7.17. The Morgan fingerprint density at radius 3 is 2.25 bits per heavy atom. The van der Waals surface area contributed by atoms with E-state index in [1.54, 1.807) is 7.11 Å². The molecule has 2 aromatic carbocycles. The summed E-state index contributed by atoms with van der Waals surface area (Å²) in [7, 11) is 1.64. The molecule has 2 aliphatic rings. The topological polar surface area (TPSA) is 74.2 Å². The van der Waals surface area contributed by atoms with Crippen LogP contribution in [0.5, 0.6) is 11.5 Å². The summed E-state index contributed by atoms with van der Waals surface area (Å²) in [5.41, 5.74) is 4.07. The maximum Gasteiger partial charge on any atom is 0.315 e. The molecule has 0 radical (unpaired) electrons. The Labute approximate surface area is 213 Å². The molecule has 0 amide bonds. The zero-order chi connectivity index (χ0) is 25.8. The van der Waals surface area contributed by atoms with Crippen LogP contribution >= 0.6 is 0 Å². The minimum atomic E-state index is -0.642. The van der Waals surface area contributed by atoms with E-state index in [0.717, 1.165) is 34.7 Å². The number of rotatable bonds is 8. The molecule has 0 saturated carbocycles. The van der Waals surface area contributed by atoms with Gasteiger partial charge in [0.25, 0.3) is 0 Å². The number of hydrogen-bond acceptors (Lipinski definition) is 6. The fourth-order valence-electron chi connectivity index (χ4n) is 5.13. The van der Waals surface area contributed by atoms with Crippen LogP contribution in [-0.4, -0.2) is 37.3 Å². The number of carbonyl (C=O) groups excluding carboxylic acids is 2. The number of ether oxygens (including phenoxy) is 3. The van der Waals surface area contributed by atoms with Gasteiger partial charge in [-0.25, -0.2) is 0 Å². The average Bonchev–Trinajstić information content (AvgIpc) is 2.88. The van der Waals surface area contributed by atoms with E-state index in [1.165, 1.54) is 0 Å². The van der Waals surface area contributed by atoms with Gasteiger partial charge in [-0.3, -0.25) is 14.6 Å². The predicted molar refractivity (Wildman–Crippen MR) is 140 cm³/mol. The lowest BCUT2D eigenvalue weighted by Crippen LogP contribution is -2.39. The Bertz CT molecular complexity index is 1160. The summed E-state index contributed by atoms with van der Waals surface area (Å²) >= 11 is 0. The maximum absolute atomic E-state index is 13.7. The number of methoxy groups -OCH3 is 1. The van der Waals surface area contributed by atoms with Gasteiger partial charge in [-0.15, -0.1) is 0 Å². The molecule has 0 saturated heterocycles. The number of hydrogen-bond donors (Lipinski definition) is 0. The number of esters is 1. The number of nitrogens with zero attached hydrogens (tertiary/aromatic N) is 1. The fourth-order valence-corrected chi connectivity index (χ4v) is 5.13. The van der Waals surface area contributed by atoms with Crippen molar-refractivity contribution in [1.29, 1.82) is 0 Å². The molecule has 1 aliphatic carbocycles. The van der Waals surface area contributed by atoms with Crippen molar-refractivity contribution >= 4 is 17.5 Å². The molecule has 1 heterocycles. The highest BCUT2D eigenvalue weighted by molar-refractivity contribution is 6.09. The van der Waals surface area contributed by atoms with Crippen molar-refractivity contribution in [3.05, 3.63) is 70.9 Å². The van der Waals surface area contributed by atoms with Gasteiger partial charge in [0, 0.05) is 29.3 Å². The number of ketones is 1. The maximum atomic E-state index is 13.7. The first-order chi connectivity index (χ1) is 17.4. The van der Waals surface area contributed by atoms with Crippen molar-refractivity contribution in [3.63, 3.8) is 0 Å². The van der Waals surface area contributed by atoms with Crippen molar-refractivity contribution in [1.82, 2.24) is 0 Å². The van der Waals surface area contributed by atoms with Crippen molar-refractivity contribution in [2.75, 3.05) is 13.7 Å². The molecule has 190 valence electrons. The summed E-state index contributed by atoms with van der Waals surface area (Å²) in [5, 5.41) is 0. The first-order valence-electron chi connectivity index (χ1n) is 12.7. The zero-order valence-corrected chi connectivity index (χ0v) is 21.7. The van der Waals surface area contributed by atoms with E-state index in [9.17, 15) is 9.59 Å². The Morgan fingerprint density at radius 1 is 1.00 bits per heavy atom. The highest BCUT2D eigenvalue weighted by Crippen LogP contribution is 2.47. The lowest BCUT2D eigenvalue weighted by atomic mass is 9.69. The van der Waals surface area contributed by atoms with Crippen LogP contribution in [0.25, 0.3) is 0 Å². The van der Waals surface area contributed by atoms with E-state index in [-0.39, 0.29) is 23.8 Å². The smallest absolute Gasteiger partial charge is 0.315 e. The summed E-state index contributed by atoms with van der Waals surface area (Å²) in [4.78, 5) is 31.9. The molecule has 6 heteroatoms. The Balaban J connectivity index is 1.74. The highest BCUT2D eigenvalue weighted by Gasteiger charge is 2.45. The molecule has 4 rings (SSSR count). The van der Waals surface area contributed by atoms with E-state index in [2.05, 4.69) is 0 Å². The SMILES string of the molecule is CCOc1ccc([C@H]2C3=C(C[C@@H](c4ccc(OC)cc4)CC3=O)N=C(C)C2C(=O)O[C@H](C)CC)cc1. The quantitative estimate of drug-likeness (QED) is 0.425. The van der Waals surface area contributed by atoms with Crippen LogP contribution in [0, 0.1) is 5.92 Å². The van der Waals surface area contributed by atoms with Gasteiger partial charge in [-0.1, -0.05) is 31.2 Å². The van der Waals surface area contributed by atoms with E-state index in [1.807, 2.05) is 76.2 Å². The second-order valence-corrected chi connectivity index (χ2v) is 9.53. The lowest BCUT2D eigenvalue weighted by Gasteiger charge is -2.37. The summed E-state index contributed by atoms with van der Waals surface area (Å²) < 4.78 is 16.7. The monoisotopic (exact) mass is 489 g/mol. The van der Waals surface area contributed by atoms with Crippen LogP contribution in [0.15, 0.2) is 64.8 Å². The zero-order valence-electron chi connectivity index (χ0n) is 21.7. The first-order valence-corrected chi connectivity index (χ1v) is 12.7. The van der Waals surface area contributed by atoms with Crippen LogP contribution in [-0.2, 0) is 14.3 Å². The molecule has 0 fully saturated rings. The summed E-state index contributed by atoms with van der Waals surface area (Å²) in [5.74, 6) is 0.194. The molecule has 1 aliphatic heterocycles. The number of benzene rings is 2. The predicted octanol–water partition coefficient (Wildman–Crippen LogP) is 6.01. The first kappa shape index (κ1) is 25.7. The molecule has 6 nitrogen and oxygen atoms in total. The molecule has 0 bridgehead atoms. The standard InChI is InChI=1S/C30H35NO5/c1-6-18(3)36-30(33)27-19(4)31-25-16-22(20-8-12-23(34-5)13-9-20)17-26(32)29(25)28(27)21-10-14-24(15-11-21)35-7-2/h8-15,18,22,27-28H,6-7,16-17H2,1-5H3/t18-,22-,27?,28-/m1/s1. The molecule has 0 spiro atoms. The molecule has 4 atom stereocenters. The minimum Gasteiger partial charge on any atom is -0.497 e. The van der Waals surface area contributed by atoms with Gasteiger partial charge in [-0.2, -0.15) is 0 Å². The number of carbonyl (C=O) groups is 2. The highest BCUT2D eigenvalue weighted by atomic mass is 16.5. The van der Waals surface area contributed by atoms with Gasteiger partial charge in [0.15, 0.2) is 5.78 Å². The minimum absolute atomic E-state index is 0.0308. The van der Waals surface area contributed by atoms with Crippen LogP contribution < -0.4 is 9.47 Å². The summed E-state index contributed by atoms with van der Waals surface area (Å²) in [6, 6.07) is 15.5. The third-order valence-corrected chi connectivity index (χ3v) is 7.17. The molecule has 2 aromatic rings. The van der Waals surface area contributed by atoms with Crippen LogP contribution in [0.1, 0.15) is 69.9 Å². The van der Waals surface area contributed by atoms with Crippen LogP contribution in [0.2, 0.25) is 0 Å². The molecular weight excluding hydrogens is 454 g/mol.